The minimum Gasteiger partial charge on any atom is -0.478 e. The predicted molar refractivity (Wildman–Crippen MR) is 149 cm³/mol. The van der Waals surface area contributed by atoms with Gasteiger partial charge < -0.3 is 24.8 Å². The number of aryl methyl sites for hydroxylation is 2. The van der Waals surface area contributed by atoms with Crippen LogP contribution in [0.2, 0.25) is 0 Å². The van der Waals surface area contributed by atoms with E-state index in [1.165, 1.54) is 6.42 Å². The number of nitrogens with one attached hydrogen (secondary N) is 1. The molecule has 38 heavy (non-hydrogen) atoms. The van der Waals surface area contributed by atoms with E-state index < -0.39 is 5.97 Å². The Labute approximate surface area is 226 Å². The summed E-state index contributed by atoms with van der Waals surface area (Å²) in [5, 5.41) is 12.7. The zero-order valence-electron chi connectivity index (χ0n) is 22.8. The Morgan fingerprint density at radius 3 is 2.34 bits per heavy atom. The lowest BCUT2D eigenvalue weighted by atomic mass is 9.94. The second kappa shape index (κ2) is 13.8. The number of anilines is 1. The first-order chi connectivity index (χ1) is 18.4. The first kappa shape index (κ1) is 28.1. The zero-order chi connectivity index (χ0) is 26.9. The molecule has 2 fully saturated rings. The molecule has 2 unspecified atom stereocenters. The topological polar surface area (TPSA) is 88.1 Å². The Kier molecular flexibility index (Phi) is 10.2. The molecule has 4 rings (SSSR count). The molecule has 2 aliphatic rings. The number of carboxylic acid groups (broad SMARTS) is 1. The van der Waals surface area contributed by atoms with Gasteiger partial charge in [-0.15, -0.1) is 0 Å². The van der Waals surface area contributed by atoms with Gasteiger partial charge in [-0.25, -0.2) is 9.59 Å². The van der Waals surface area contributed by atoms with Crippen LogP contribution < -0.4 is 5.32 Å². The van der Waals surface area contributed by atoms with Gasteiger partial charge in [-0.3, -0.25) is 0 Å². The summed E-state index contributed by atoms with van der Waals surface area (Å²) in [5.74, 6) is -0.916. The maximum absolute atomic E-state index is 13.3. The molecule has 7 heteroatoms. The number of rotatable bonds is 10. The van der Waals surface area contributed by atoms with Crippen LogP contribution in [-0.4, -0.2) is 53.4 Å². The highest BCUT2D eigenvalue weighted by atomic mass is 16.5. The van der Waals surface area contributed by atoms with Crippen LogP contribution in [0.3, 0.4) is 0 Å². The van der Waals surface area contributed by atoms with Crippen molar-refractivity contribution < 1.29 is 24.2 Å². The van der Waals surface area contributed by atoms with Gasteiger partial charge in [0.25, 0.3) is 0 Å². The first-order valence-corrected chi connectivity index (χ1v) is 14.1. The van der Waals surface area contributed by atoms with E-state index in [1.807, 2.05) is 61.2 Å². The number of nitrogens with zero attached hydrogens (tertiary/aromatic N) is 1. The summed E-state index contributed by atoms with van der Waals surface area (Å²) < 4.78 is 12.5. The number of ether oxygens (including phenoxy) is 2. The molecule has 0 bridgehead atoms. The molecule has 0 spiro atoms. The van der Waals surface area contributed by atoms with Crippen LogP contribution >= 0.6 is 0 Å². The molecular weight excluding hydrogens is 480 g/mol. The van der Waals surface area contributed by atoms with Crippen molar-refractivity contribution in [2.24, 2.45) is 0 Å². The van der Waals surface area contributed by atoms with E-state index in [4.69, 9.17) is 9.47 Å². The summed E-state index contributed by atoms with van der Waals surface area (Å²) in [6, 6.07) is 13.6. The summed E-state index contributed by atoms with van der Waals surface area (Å²) in [6.45, 7) is 5.17. The maximum Gasteiger partial charge on any atom is 0.336 e. The highest BCUT2D eigenvalue weighted by Crippen LogP contribution is 2.27. The summed E-state index contributed by atoms with van der Waals surface area (Å²) >= 11 is 0. The van der Waals surface area contributed by atoms with Crippen molar-refractivity contribution in [3.05, 3.63) is 64.7 Å². The Bertz CT molecular complexity index is 1080. The van der Waals surface area contributed by atoms with Crippen molar-refractivity contribution in [2.75, 3.05) is 18.5 Å². The lowest BCUT2D eigenvalue weighted by Gasteiger charge is -2.35. The van der Waals surface area contributed by atoms with Crippen molar-refractivity contribution in [1.82, 2.24) is 4.90 Å². The summed E-state index contributed by atoms with van der Waals surface area (Å²) in [6.07, 6.45) is 9.47. The maximum atomic E-state index is 13.3. The van der Waals surface area contributed by atoms with E-state index >= 15 is 0 Å². The van der Waals surface area contributed by atoms with Crippen LogP contribution in [0.25, 0.3) is 0 Å². The summed E-state index contributed by atoms with van der Waals surface area (Å²) in [5.41, 5.74) is 3.70. The zero-order valence-corrected chi connectivity index (χ0v) is 22.8. The molecule has 2 aromatic rings. The molecule has 2 aliphatic carbocycles. The van der Waals surface area contributed by atoms with Gasteiger partial charge in [0.2, 0.25) is 0 Å². The lowest BCUT2D eigenvalue weighted by Crippen LogP contribution is -2.46. The first-order valence-electron chi connectivity index (χ1n) is 14.1. The van der Waals surface area contributed by atoms with E-state index in [2.05, 4.69) is 5.32 Å². The molecule has 2 atom stereocenters. The third kappa shape index (κ3) is 7.58. The average Bonchev–Trinajstić information content (AvgIpc) is 2.91. The number of amides is 2. The molecule has 0 radical (unpaired) electrons. The minimum atomic E-state index is -0.916. The average molecular weight is 523 g/mol. The molecular formula is C31H42N2O5. The van der Waals surface area contributed by atoms with Crippen molar-refractivity contribution in [3.63, 3.8) is 0 Å². The molecule has 2 amide bonds. The Balaban J connectivity index is 1.30. The van der Waals surface area contributed by atoms with Gasteiger partial charge in [-0.1, -0.05) is 55.7 Å². The fourth-order valence-electron chi connectivity index (χ4n) is 5.83. The number of carboxylic acids is 1. The Morgan fingerprint density at radius 1 is 0.895 bits per heavy atom. The molecule has 0 aliphatic heterocycles. The van der Waals surface area contributed by atoms with Crippen molar-refractivity contribution >= 4 is 17.7 Å². The monoisotopic (exact) mass is 522 g/mol. The Hall–Kier alpha value is -2.90. The molecule has 0 aromatic heterocycles. The number of urea groups is 1. The summed E-state index contributed by atoms with van der Waals surface area (Å²) in [4.78, 5) is 27.0. The third-order valence-corrected chi connectivity index (χ3v) is 7.97. The number of benzene rings is 2. The standard InChI is InChI=1S/C31H42N2O5/c1-22-10-6-7-17-28(22)32-31(36)33(25-13-4-3-5-14-25)18-19-37-26-15-9-16-27(20-26)38-21-24-12-8-11-23(2)29(24)30(34)35/h6-8,10-12,17,25-27H,3-5,9,13-16,18-21H2,1-2H3,(H,32,36)(H,34,35). The van der Waals surface area contributed by atoms with Gasteiger partial charge >= 0.3 is 12.0 Å². The number of carbonyl (C=O) groups is 2. The highest BCUT2D eigenvalue weighted by Gasteiger charge is 2.28. The van der Waals surface area contributed by atoms with Crippen LogP contribution in [0.4, 0.5) is 10.5 Å². The van der Waals surface area contributed by atoms with Crippen molar-refractivity contribution in [2.45, 2.75) is 96.5 Å². The fourth-order valence-corrected chi connectivity index (χ4v) is 5.83. The number of hydrogen-bond donors (Lipinski definition) is 2. The normalized spacial score (nSPS) is 20.2. The van der Waals surface area contributed by atoms with Gasteiger partial charge in [0.1, 0.15) is 0 Å². The largest absolute Gasteiger partial charge is 0.478 e. The number of aromatic carboxylic acids is 1. The van der Waals surface area contributed by atoms with E-state index in [0.717, 1.165) is 68.2 Å². The highest BCUT2D eigenvalue weighted by molar-refractivity contribution is 5.91. The molecule has 2 N–H and O–H groups in total. The quantitative estimate of drug-likeness (QED) is 0.362. The summed E-state index contributed by atoms with van der Waals surface area (Å²) in [7, 11) is 0. The van der Waals surface area contributed by atoms with Gasteiger partial charge in [0.15, 0.2) is 0 Å². The predicted octanol–water partition coefficient (Wildman–Crippen LogP) is 6.71. The van der Waals surface area contributed by atoms with Crippen LogP contribution in [0.5, 0.6) is 0 Å². The molecule has 0 saturated heterocycles. The molecule has 2 aromatic carbocycles. The van der Waals surface area contributed by atoms with Crippen molar-refractivity contribution in [3.8, 4) is 0 Å². The van der Waals surface area contributed by atoms with E-state index in [-0.39, 0.29) is 30.9 Å². The van der Waals surface area contributed by atoms with Crippen molar-refractivity contribution in [1.29, 1.82) is 0 Å². The molecule has 0 heterocycles. The molecule has 206 valence electrons. The molecule has 2 saturated carbocycles. The van der Waals surface area contributed by atoms with Gasteiger partial charge in [0, 0.05) is 18.3 Å². The number of hydrogen-bond acceptors (Lipinski definition) is 4. The van der Waals surface area contributed by atoms with Crippen LogP contribution in [0.1, 0.15) is 84.8 Å². The number of para-hydroxylation sites is 1. The smallest absolute Gasteiger partial charge is 0.336 e. The molecule has 7 nitrogen and oxygen atoms in total. The Morgan fingerprint density at radius 2 is 1.61 bits per heavy atom. The van der Waals surface area contributed by atoms with Crippen LogP contribution in [-0.2, 0) is 16.1 Å². The second-order valence-corrected chi connectivity index (χ2v) is 10.7. The van der Waals surface area contributed by atoms with Gasteiger partial charge in [0.05, 0.1) is 31.0 Å². The SMILES string of the molecule is Cc1ccccc1NC(=O)N(CCOC1CCCC(OCc2cccc(C)c2C(=O)O)C1)C1CCCCC1. The van der Waals surface area contributed by atoms with E-state index in [9.17, 15) is 14.7 Å². The van der Waals surface area contributed by atoms with E-state index in [1.54, 1.807) is 0 Å². The second-order valence-electron chi connectivity index (χ2n) is 10.7. The lowest BCUT2D eigenvalue weighted by molar-refractivity contribution is -0.0535. The van der Waals surface area contributed by atoms with Crippen LogP contribution in [0.15, 0.2) is 42.5 Å². The van der Waals surface area contributed by atoms with Gasteiger partial charge in [-0.05, 0) is 75.1 Å². The fraction of sp³-hybridized carbons (Fsp3) is 0.548. The van der Waals surface area contributed by atoms with E-state index in [0.29, 0.717) is 24.3 Å². The van der Waals surface area contributed by atoms with Gasteiger partial charge in [-0.2, -0.15) is 0 Å². The third-order valence-electron chi connectivity index (χ3n) is 7.97. The van der Waals surface area contributed by atoms with Crippen LogP contribution in [0, 0.1) is 13.8 Å². The minimum absolute atomic E-state index is 0.0368. The number of carbonyl (C=O) groups excluding carboxylic acids is 1.